The average molecular weight is 335 g/mol. The number of aliphatic hydroxyl groups excluding tert-OH is 1. The number of benzene rings is 1. The molecule has 0 radical (unpaired) electrons. The SMILES string of the molecule is O=C(c1cc(Cl)cc(Br)c1)N1CCOC(CO)C1. The Bertz CT molecular complexity index is 435. The average Bonchev–Trinajstić information content (AvgIpc) is 2.37. The molecule has 0 aromatic heterocycles. The fourth-order valence-corrected chi connectivity index (χ4v) is 2.73. The highest BCUT2D eigenvalue weighted by atomic mass is 79.9. The van der Waals surface area contributed by atoms with Gasteiger partial charge in [-0.1, -0.05) is 27.5 Å². The van der Waals surface area contributed by atoms with E-state index in [-0.39, 0.29) is 18.6 Å². The maximum absolute atomic E-state index is 12.3. The molecule has 2 rings (SSSR count). The Kier molecular flexibility index (Phi) is 4.61. The lowest BCUT2D eigenvalue weighted by atomic mass is 10.1. The van der Waals surface area contributed by atoms with Gasteiger partial charge < -0.3 is 14.7 Å². The fraction of sp³-hybridized carbons (Fsp3) is 0.417. The van der Waals surface area contributed by atoms with Crippen LogP contribution in [0.4, 0.5) is 0 Å². The van der Waals surface area contributed by atoms with E-state index >= 15 is 0 Å². The van der Waals surface area contributed by atoms with E-state index in [9.17, 15) is 4.79 Å². The van der Waals surface area contributed by atoms with Gasteiger partial charge in [-0.3, -0.25) is 4.79 Å². The van der Waals surface area contributed by atoms with Gasteiger partial charge in [-0.2, -0.15) is 0 Å². The second-order valence-electron chi connectivity index (χ2n) is 4.08. The topological polar surface area (TPSA) is 49.8 Å². The van der Waals surface area contributed by atoms with Crippen molar-refractivity contribution in [3.05, 3.63) is 33.3 Å². The minimum absolute atomic E-state index is 0.0803. The smallest absolute Gasteiger partial charge is 0.254 e. The van der Waals surface area contributed by atoms with E-state index < -0.39 is 0 Å². The normalized spacial score (nSPS) is 19.9. The molecule has 6 heteroatoms. The van der Waals surface area contributed by atoms with Crippen molar-refractivity contribution in [2.45, 2.75) is 6.10 Å². The van der Waals surface area contributed by atoms with E-state index in [1.165, 1.54) is 0 Å². The molecule has 1 N–H and O–H groups in total. The van der Waals surface area contributed by atoms with Gasteiger partial charge >= 0.3 is 0 Å². The van der Waals surface area contributed by atoms with Crippen LogP contribution in [0.5, 0.6) is 0 Å². The number of hydrogen-bond donors (Lipinski definition) is 1. The standard InChI is InChI=1S/C12H13BrClNO3/c13-9-3-8(4-10(14)5-9)12(17)15-1-2-18-11(6-15)7-16/h3-5,11,16H,1-2,6-7H2. The molecule has 1 unspecified atom stereocenters. The lowest BCUT2D eigenvalue weighted by Crippen LogP contribution is -2.46. The van der Waals surface area contributed by atoms with E-state index in [1.807, 2.05) is 0 Å². The number of carbonyl (C=O) groups is 1. The van der Waals surface area contributed by atoms with Gasteiger partial charge in [0.1, 0.15) is 0 Å². The van der Waals surface area contributed by atoms with Gasteiger partial charge in [-0.25, -0.2) is 0 Å². The summed E-state index contributed by atoms with van der Waals surface area (Å²) in [4.78, 5) is 13.9. The fourth-order valence-electron chi connectivity index (χ4n) is 1.87. The second-order valence-corrected chi connectivity index (χ2v) is 5.44. The minimum atomic E-state index is -0.301. The van der Waals surface area contributed by atoms with Crippen molar-refractivity contribution in [3.8, 4) is 0 Å². The molecule has 1 aromatic carbocycles. The summed E-state index contributed by atoms with van der Waals surface area (Å²) < 4.78 is 6.08. The zero-order valence-electron chi connectivity index (χ0n) is 9.60. The first-order valence-corrected chi connectivity index (χ1v) is 6.75. The Morgan fingerprint density at radius 2 is 2.33 bits per heavy atom. The van der Waals surface area contributed by atoms with Crippen LogP contribution in [-0.2, 0) is 4.74 Å². The van der Waals surface area contributed by atoms with Gasteiger partial charge in [-0.15, -0.1) is 0 Å². The van der Waals surface area contributed by atoms with Crippen LogP contribution < -0.4 is 0 Å². The predicted molar refractivity (Wildman–Crippen MR) is 71.9 cm³/mol. The van der Waals surface area contributed by atoms with Crippen molar-refractivity contribution in [1.82, 2.24) is 4.90 Å². The second kappa shape index (κ2) is 6.02. The van der Waals surface area contributed by atoms with Crippen molar-refractivity contribution < 1.29 is 14.6 Å². The van der Waals surface area contributed by atoms with Crippen LogP contribution in [0, 0.1) is 0 Å². The van der Waals surface area contributed by atoms with Gasteiger partial charge in [0.05, 0.1) is 19.3 Å². The summed E-state index contributed by atoms with van der Waals surface area (Å²) in [6, 6.07) is 5.10. The van der Waals surface area contributed by atoms with Gasteiger partial charge in [0, 0.05) is 28.1 Å². The first-order valence-electron chi connectivity index (χ1n) is 5.58. The highest BCUT2D eigenvalue weighted by Gasteiger charge is 2.24. The van der Waals surface area contributed by atoms with Crippen molar-refractivity contribution in [2.24, 2.45) is 0 Å². The number of nitrogens with zero attached hydrogens (tertiary/aromatic N) is 1. The molecule has 0 aliphatic carbocycles. The lowest BCUT2D eigenvalue weighted by Gasteiger charge is -2.32. The maximum atomic E-state index is 12.3. The number of hydrogen-bond acceptors (Lipinski definition) is 3. The van der Waals surface area contributed by atoms with Gasteiger partial charge in [0.25, 0.3) is 5.91 Å². The van der Waals surface area contributed by atoms with Crippen LogP contribution in [0.1, 0.15) is 10.4 Å². The van der Waals surface area contributed by atoms with Crippen LogP contribution >= 0.6 is 27.5 Å². The Labute approximate surface area is 119 Å². The summed E-state index contributed by atoms with van der Waals surface area (Å²) >= 11 is 9.23. The highest BCUT2D eigenvalue weighted by Crippen LogP contribution is 2.21. The number of carbonyl (C=O) groups excluding carboxylic acids is 1. The Balaban J connectivity index is 2.15. The summed E-state index contributed by atoms with van der Waals surface area (Å²) in [7, 11) is 0. The molecule has 0 spiro atoms. The zero-order valence-corrected chi connectivity index (χ0v) is 11.9. The summed E-state index contributed by atoms with van der Waals surface area (Å²) in [5.41, 5.74) is 0.535. The summed E-state index contributed by atoms with van der Waals surface area (Å²) in [5.74, 6) is -0.0973. The summed E-state index contributed by atoms with van der Waals surface area (Å²) in [6.07, 6.45) is -0.301. The first-order chi connectivity index (χ1) is 8.60. The van der Waals surface area contributed by atoms with E-state index in [4.69, 9.17) is 21.4 Å². The minimum Gasteiger partial charge on any atom is -0.394 e. The molecule has 1 atom stereocenters. The van der Waals surface area contributed by atoms with Gasteiger partial charge in [-0.05, 0) is 18.2 Å². The van der Waals surface area contributed by atoms with Crippen LogP contribution in [-0.4, -0.2) is 48.3 Å². The third kappa shape index (κ3) is 3.23. The number of amides is 1. The zero-order chi connectivity index (χ0) is 13.1. The predicted octanol–water partition coefficient (Wildman–Crippen LogP) is 1.94. The van der Waals surface area contributed by atoms with Crippen LogP contribution in [0.3, 0.4) is 0 Å². The van der Waals surface area contributed by atoms with Crippen molar-refractivity contribution >= 4 is 33.4 Å². The van der Waals surface area contributed by atoms with E-state index in [1.54, 1.807) is 23.1 Å². The highest BCUT2D eigenvalue weighted by molar-refractivity contribution is 9.10. The van der Waals surface area contributed by atoms with Crippen LogP contribution in [0.15, 0.2) is 22.7 Å². The number of halogens is 2. The third-order valence-corrected chi connectivity index (χ3v) is 3.42. The summed E-state index contributed by atoms with van der Waals surface area (Å²) in [6.45, 7) is 1.29. The molecule has 1 heterocycles. The van der Waals surface area contributed by atoms with E-state index in [0.29, 0.717) is 30.3 Å². The Morgan fingerprint density at radius 3 is 3.00 bits per heavy atom. The molecule has 18 heavy (non-hydrogen) atoms. The van der Waals surface area contributed by atoms with Crippen LogP contribution in [0.2, 0.25) is 5.02 Å². The third-order valence-electron chi connectivity index (χ3n) is 2.74. The van der Waals surface area contributed by atoms with Crippen molar-refractivity contribution in [2.75, 3.05) is 26.3 Å². The monoisotopic (exact) mass is 333 g/mol. The molecule has 1 saturated heterocycles. The summed E-state index contributed by atoms with van der Waals surface area (Å²) in [5, 5.41) is 9.57. The number of aliphatic hydroxyl groups is 1. The first kappa shape index (κ1) is 13.8. The molecule has 1 amide bonds. The maximum Gasteiger partial charge on any atom is 0.254 e. The Morgan fingerprint density at radius 1 is 1.56 bits per heavy atom. The molecule has 0 saturated carbocycles. The molecule has 98 valence electrons. The lowest BCUT2D eigenvalue weighted by molar-refractivity contribution is -0.0447. The van der Waals surface area contributed by atoms with Gasteiger partial charge in [0.2, 0.25) is 0 Å². The number of ether oxygens (including phenoxy) is 1. The molecule has 1 aliphatic rings. The quantitative estimate of drug-likeness (QED) is 0.899. The Hall–Kier alpha value is -0.620. The van der Waals surface area contributed by atoms with E-state index in [2.05, 4.69) is 15.9 Å². The van der Waals surface area contributed by atoms with Gasteiger partial charge in [0.15, 0.2) is 0 Å². The molecule has 1 aromatic rings. The van der Waals surface area contributed by atoms with E-state index in [0.717, 1.165) is 4.47 Å². The molecule has 0 bridgehead atoms. The number of rotatable bonds is 2. The van der Waals surface area contributed by atoms with Crippen molar-refractivity contribution in [1.29, 1.82) is 0 Å². The molecule has 1 fully saturated rings. The van der Waals surface area contributed by atoms with Crippen molar-refractivity contribution in [3.63, 3.8) is 0 Å². The molecular weight excluding hydrogens is 321 g/mol. The number of morpholine rings is 1. The van der Waals surface area contributed by atoms with Crippen LogP contribution in [0.25, 0.3) is 0 Å². The molecular formula is C12H13BrClNO3. The largest absolute Gasteiger partial charge is 0.394 e. The molecule has 1 aliphatic heterocycles. The molecule has 4 nitrogen and oxygen atoms in total.